The highest BCUT2D eigenvalue weighted by Crippen LogP contribution is 2.28. The maximum atomic E-state index is 13.0. The highest BCUT2D eigenvalue weighted by atomic mass is 79.9. The average molecular weight is 551 g/mol. The molecular weight excluding hydrogens is 527 g/mol. The standard InChI is InChI=1S/C22H24BrCl3N2O3/c1-3-4-9-27-22(30)14(2)28(12-15-5-7-18(25)19(26)10-15)21(29)13-31-20-8-6-16(24)11-17(20)23/h5-8,10-11,14H,3-4,9,12-13H2,1-2H3,(H,27,30). The summed E-state index contributed by atoms with van der Waals surface area (Å²) in [5.74, 6) is -0.0899. The van der Waals surface area contributed by atoms with Crippen molar-refractivity contribution >= 4 is 62.5 Å². The van der Waals surface area contributed by atoms with Gasteiger partial charge < -0.3 is 15.0 Å². The number of unbranched alkanes of at least 4 members (excludes halogenated alkanes) is 1. The molecule has 0 aliphatic rings. The minimum atomic E-state index is -0.698. The molecule has 0 aromatic heterocycles. The normalized spacial score (nSPS) is 11.7. The summed E-state index contributed by atoms with van der Waals surface area (Å²) in [6.07, 6.45) is 1.83. The van der Waals surface area contributed by atoms with Crippen LogP contribution >= 0.6 is 50.7 Å². The molecule has 2 aromatic rings. The van der Waals surface area contributed by atoms with Gasteiger partial charge in [-0.15, -0.1) is 0 Å². The van der Waals surface area contributed by atoms with Crippen LogP contribution in [0.25, 0.3) is 0 Å². The van der Waals surface area contributed by atoms with Crippen molar-refractivity contribution in [2.75, 3.05) is 13.2 Å². The summed E-state index contributed by atoms with van der Waals surface area (Å²) in [6, 6.07) is 9.44. The van der Waals surface area contributed by atoms with Gasteiger partial charge in [-0.25, -0.2) is 0 Å². The first-order chi connectivity index (χ1) is 14.7. The lowest BCUT2D eigenvalue weighted by atomic mass is 10.1. The number of carbonyl (C=O) groups is 2. The molecule has 1 N–H and O–H groups in total. The van der Waals surface area contributed by atoms with Crippen LogP contribution < -0.4 is 10.1 Å². The van der Waals surface area contributed by atoms with Crippen LogP contribution in [0.2, 0.25) is 15.1 Å². The van der Waals surface area contributed by atoms with Crippen LogP contribution in [0.1, 0.15) is 32.3 Å². The predicted octanol–water partition coefficient (Wildman–Crippen LogP) is 6.12. The second-order valence-corrected chi connectivity index (χ2v) is 9.06. The van der Waals surface area contributed by atoms with E-state index in [1.54, 1.807) is 43.3 Å². The van der Waals surface area contributed by atoms with E-state index in [-0.39, 0.29) is 25.0 Å². The number of hydrogen-bond acceptors (Lipinski definition) is 3. The first kappa shape index (κ1) is 25.8. The zero-order chi connectivity index (χ0) is 23.0. The summed E-state index contributed by atoms with van der Waals surface area (Å²) >= 11 is 21.4. The number of carbonyl (C=O) groups excluding carboxylic acids is 2. The first-order valence-electron chi connectivity index (χ1n) is 9.81. The number of rotatable bonds is 10. The second kappa shape index (κ2) is 12.5. The summed E-state index contributed by atoms with van der Waals surface area (Å²) in [5, 5.41) is 4.22. The van der Waals surface area contributed by atoms with E-state index in [1.807, 2.05) is 6.92 Å². The molecule has 2 amide bonds. The summed E-state index contributed by atoms with van der Waals surface area (Å²) < 4.78 is 6.30. The molecule has 0 saturated carbocycles. The van der Waals surface area contributed by atoms with Crippen LogP contribution in [0.5, 0.6) is 5.75 Å². The van der Waals surface area contributed by atoms with Crippen molar-refractivity contribution in [1.82, 2.24) is 10.2 Å². The van der Waals surface area contributed by atoms with Crippen LogP contribution in [0.4, 0.5) is 0 Å². The Hall–Kier alpha value is -1.47. The molecule has 0 heterocycles. The number of halogens is 4. The maximum Gasteiger partial charge on any atom is 0.261 e. The molecule has 0 spiro atoms. The Kier molecular flexibility index (Phi) is 10.4. The Balaban J connectivity index is 2.17. The molecule has 31 heavy (non-hydrogen) atoms. The Morgan fingerprint density at radius 2 is 1.87 bits per heavy atom. The van der Waals surface area contributed by atoms with Crippen LogP contribution in [0, 0.1) is 0 Å². The number of hydrogen-bond donors (Lipinski definition) is 1. The van der Waals surface area contributed by atoms with Crippen molar-refractivity contribution in [1.29, 1.82) is 0 Å². The number of ether oxygens (including phenoxy) is 1. The average Bonchev–Trinajstić information content (AvgIpc) is 2.73. The van der Waals surface area contributed by atoms with Gasteiger partial charge in [0.25, 0.3) is 5.91 Å². The van der Waals surface area contributed by atoms with Crippen LogP contribution in [-0.4, -0.2) is 35.9 Å². The SMILES string of the molecule is CCCCNC(=O)C(C)N(Cc1ccc(Cl)c(Cl)c1)C(=O)COc1ccc(Cl)cc1Br. The third-order valence-electron chi connectivity index (χ3n) is 4.58. The smallest absolute Gasteiger partial charge is 0.261 e. The number of amides is 2. The van der Waals surface area contributed by atoms with E-state index in [4.69, 9.17) is 39.5 Å². The molecule has 0 saturated heterocycles. The fourth-order valence-electron chi connectivity index (χ4n) is 2.77. The Bertz CT molecular complexity index is 927. The third-order valence-corrected chi connectivity index (χ3v) is 6.17. The summed E-state index contributed by atoms with van der Waals surface area (Å²) in [4.78, 5) is 27.1. The molecule has 0 radical (unpaired) electrons. The highest BCUT2D eigenvalue weighted by molar-refractivity contribution is 9.10. The third kappa shape index (κ3) is 7.86. The molecular formula is C22H24BrCl3N2O3. The van der Waals surface area contributed by atoms with Crippen LogP contribution in [0.15, 0.2) is 40.9 Å². The Labute approximate surface area is 206 Å². The molecule has 0 aliphatic heterocycles. The largest absolute Gasteiger partial charge is 0.483 e. The number of nitrogens with one attached hydrogen (secondary N) is 1. The van der Waals surface area contributed by atoms with Crippen molar-refractivity contribution in [2.45, 2.75) is 39.3 Å². The van der Waals surface area contributed by atoms with Gasteiger partial charge in [-0.3, -0.25) is 9.59 Å². The van der Waals surface area contributed by atoms with Crippen molar-refractivity contribution in [3.05, 3.63) is 61.5 Å². The van der Waals surface area contributed by atoms with Gasteiger partial charge in [0, 0.05) is 18.1 Å². The van der Waals surface area contributed by atoms with Gasteiger partial charge in [0.2, 0.25) is 5.91 Å². The monoisotopic (exact) mass is 548 g/mol. The van der Waals surface area contributed by atoms with E-state index < -0.39 is 6.04 Å². The van der Waals surface area contributed by atoms with Crippen molar-refractivity contribution in [3.63, 3.8) is 0 Å². The molecule has 0 fully saturated rings. The van der Waals surface area contributed by atoms with Gasteiger partial charge in [0.05, 0.1) is 14.5 Å². The van der Waals surface area contributed by atoms with Crippen LogP contribution in [0.3, 0.4) is 0 Å². The lowest BCUT2D eigenvalue weighted by Crippen LogP contribution is -2.49. The number of nitrogens with zero attached hydrogens (tertiary/aromatic N) is 1. The summed E-state index contributed by atoms with van der Waals surface area (Å²) in [6.45, 7) is 4.23. The van der Waals surface area contributed by atoms with Gasteiger partial charge in [0.1, 0.15) is 11.8 Å². The molecule has 1 unspecified atom stereocenters. The van der Waals surface area contributed by atoms with E-state index in [1.165, 1.54) is 4.90 Å². The fraction of sp³-hybridized carbons (Fsp3) is 0.364. The van der Waals surface area contributed by atoms with Gasteiger partial charge in [-0.05, 0) is 65.2 Å². The van der Waals surface area contributed by atoms with Crippen molar-refractivity contribution < 1.29 is 14.3 Å². The Morgan fingerprint density at radius 1 is 1.13 bits per heavy atom. The van der Waals surface area contributed by atoms with Gasteiger partial charge in [0.15, 0.2) is 6.61 Å². The Morgan fingerprint density at radius 3 is 2.52 bits per heavy atom. The lowest BCUT2D eigenvalue weighted by molar-refractivity contribution is -0.142. The maximum absolute atomic E-state index is 13.0. The topological polar surface area (TPSA) is 58.6 Å². The molecule has 0 aliphatic carbocycles. The predicted molar refractivity (Wildman–Crippen MR) is 129 cm³/mol. The zero-order valence-corrected chi connectivity index (χ0v) is 21.1. The fourth-order valence-corrected chi connectivity index (χ4v) is 3.89. The van der Waals surface area contributed by atoms with Crippen LogP contribution in [-0.2, 0) is 16.1 Å². The minimum Gasteiger partial charge on any atom is -0.483 e. The van der Waals surface area contributed by atoms with Gasteiger partial charge in [-0.2, -0.15) is 0 Å². The van der Waals surface area contributed by atoms with E-state index in [9.17, 15) is 9.59 Å². The van der Waals surface area contributed by atoms with Crippen molar-refractivity contribution in [2.24, 2.45) is 0 Å². The molecule has 1 atom stereocenters. The van der Waals surface area contributed by atoms with Crippen molar-refractivity contribution in [3.8, 4) is 5.75 Å². The lowest BCUT2D eigenvalue weighted by Gasteiger charge is -2.29. The molecule has 5 nitrogen and oxygen atoms in total. The molecule has 0 bridgehead atoms. The summed E-state index contributed by atoms with van der Waals surface area (Å²) in [5.41, 5.74) is 0.753. The second-order valence-electron chi connectivity index (χ2n) is 6.95. The van der Waals surface area contributed by atoms with E-state index >= 15 is 0 Å². The van der Waals surface area contributed by atoms with Gasteiger partial charge >= 0.3 is 0 Å². The quantitative estimate of drug-likeness (QED) is 0.363. The zero-order valence-electron chi connectivity index (χ0n) is 17.3. The van der Waals surface area contributed by atoms with Gasteiger partial charge in [-0.1, -0.05) is 54.2 Å². The minimum absolute atomic E-state index is 0.184. The molecule has 9 heteroatoms. The highest BCUT2D eigenvalue weighted by Gasteiger charge is 2.26. The van der Waals surface area contributed by atoms with E-state index in [0.717, 1.165) is 18.4 Å². The summed E-state index contributed by atoms with van der Waals surface area (Å²) in [7, 11) is 0. The number of benzene rings is 2. The van der Waals surface area contributed by atoms with E-state index in [2.05, 4.69) is 21.2 Å². The molecule has 2 aromatic carbocycles. The van der Waals surface area contributed by atoms with E-state index in [0.29, 0.717) is 31.8 Å². The molecule has 2 rings (SSSR count). The molecule has 168 valence electrons. The first-order valence-corrected chi connectivity index (χ1v) is 11.7.